The van der Waals surface area contributed by atoms with Crippen molar-refractivity contribution in [2.45, 2.75) is 18.4 Å². The zero-order valence-corrected chi connectivity index (χ0v) is 10.0. The van der Waals surface area contributed by atoms with Gasteiger partial charge in [-0.1, -0.05) is 6.07 Å². The highest BCUT2D eigenvalue weighted by Gasteiger charge is 2.38. The number of hydrogen-bond acceptors (Lipinski definition) is 2. The van der Waals surface area contributed by atoms with Crippen LogP contribution in [0.4, 0.5) is 26.3 Å². The largest absolute Gasteiger partial charge is 0.416 e. The Morgan fingerprint density at radius 3 is 1.95 bits per heavy atom. The molecule has 0 bridgehead atoms. The Kier molecular flexibility index (Phi) is 5.66. The molecule has 0 amide bonds. The van der Waals surface area contributed by atoms with Crippen molar-refractivity contribution in [3.8, 4) is 0 Å². The van der Waals surface area contributed by atoms with E-state index in [-0.39, 0.29) is 18.5 Å². The summed E-state index contributed by atoms with van der Waals surface area (Å²) in [6, 6.07) is -0.263. The highest BCUT2D eigenvalue weighted by Crippen LogP contribution is 2.38. The van der Waals surface area contributed by atoms with Gasteiger partial charge in [-0.3, -0.25) is 0 Å². The normalized spacial score (nSPS) is 13.9. The van der Waals surface area contributed by atoms with E-state index in [1.165, 1.54) is 0 Å². The number of aliphatic hydroxyl groups excluding tert-OH is 1. The van der Waals surface area contributed by atoms with Gasteiger partial charge in [0.1, 0.15) is 0 Å². The minimum Gasteiger partial charge on any atom is -0.394 e. The predicted octanol–water partition coefficient (Wildman–Crippen LogP) is 3.14. The molecule has 0 aromatic heterocycles. The van der Waals surface area contributed by atoms with Crippen molar-refractivity contribution in [1.82, 2.24) is 0 Å². The summed E-state index contributed by atoms with van der Waals surface area (Å²) in [6.45, 7) is -0.797. The maximum absolute atomic E-state index is 12.6. The number of rotatable bonds is 2. The first-order valence-electron chi connectivity index (χ1n) is 4.72. The molecule has 0 aliphatic heterocycles. The summed E-state index contributed by atoms with van der Waals surface area (Å²) >= 11 is 0. The molecule has 110 valence electrons. The number of halogens is 7. The summed E-state index contributed by atoms with van der Waals surface area (Å²) in [5.41, 5.74) is 1.75. The molecular formula is C10H10ClF6NO. The number of nitrogens with two attached hydrogens (primary N) is 1. The number of alkyl halides is 6. The molecule has 0 radical (unpaired) electrons. The number of aliphatic hydroxyl groups is 1. The monoisotopic (exact) mass is 309 g/mol. The van der Waals surface area contributed by atoms with Crippen LogP contribution in [-0.2, 0) is 12.4 Å². The number of benzene rings is 1. The van der Waals surface area contributed by atoms with E-state index in [1.807, 2.05) is 0 Å². The van der Waals surface area contributed by atoms with Crippen molar-refractivity contribution in [2.24, 2.45) is 5.73 Å². The van der Waals surface area contributed by atoms with Crippen LogP contribution in [0.25, 0.3) is 0 Å². The molecular weight excluding hydrogens is 300 g/mol. The maximum atomic E-state index is 12.6. The average Bonchev–Trinajstić information content (AvgIpc) is 2.24. The summed E-state index contributed by atoms with van der Waals surface area (Å²) in [5.74, 6) is 0. The van der Waals surface area contributed by atoms with Gasteiger partial charge in [-0.05, 0) is 17.7 Å². The second-order valence-electron chi connectivity index (χ2n) is 3.59. The molecule has 1 atom stereocenters. The highest BCUT2D eigenvalue weighted by molar-refractivity contribution is 5.85. The summed E-state index contributed by atoms with van der Waals surface area (Å²) in [4.78, 5) is 0. The van der Waals surface area contributed by atoms with E-state index in [2.05, 4.69) is 0 Å². The zero-order chi connectivity index (χ0) is 14.1. The van der Waals surface area contributed by atoms with Gasteiger partial charge in [0.15, 0.2) is 0 Å². The molecule has 0 saturated carbocycles. The molecule has 0 heterocycles. The quantitative estimate of drug-likeness (QED) is 0.825. The van der Waals surface area contributed by atoms with Crippen molar-refractivity contribution < 1.29 is 31.4 Å². The molecule has 0 unspecified atom stereocenters. The van der Waals surface area contributed by atoms with Crippen LogP contribution in [-0.4, -0.2) is 11.7 Å². The lowest BCUT2D eigenvalue weighted by atomic mass is 9.98. The van der Waals surface area contributed by atoms with E-state index in [0.717, 1.165) is 0 Å². The fourth-order valence-corrected chi connectivity index (χ4v) is 1.40. The Balaban J connectivity index is 0.00000324. The van der Waals surface area contributed by atoms with Crippen LogP contribution in [0.15, 0.2) is 18.2 Å². The van der Waals surface area contributed by atoms with Crippen LogP contribution in [0.5, 0.6) is 0 Å². The SMILES string of the molecule is Cl.N[C@H](CO)c1ccc(C(F)(F)F)cc1C(F)(F)F. The van der Waals surface area contributed by atoms with Crippen LogP contribution >= 0.6 is 12.4 Å². The number of hydrogen-bond donors (Lipinski definition) is 2. The molecule has 9 heteroatoms. The summed E-state index contributed by atoms with van der Waals surface area (Å²) < 4.78 is 74.8. The Labute approximate surface area is 110 Å². The van der Waals surface area contributed by atoms with Crippen LogP contribution in [0, 0.1) is 0 Å². The summed E-state index contributed by atoms with van der Waals surface area (Å²) in [7, 11) is 0. The summed E-state index contributed by atoms with van der Waals surface area (Å²) in [6.07, 6.45) is -9.84. The first kappa shape index (κ1) is 18.0. The third-order valence-electron chi connectivity index (χ3n) is 2.28. The van der Waals surface area contributed by atoms with Crippen LogP contribution < -0.4 is 5.73 Å². The smallest absolute Gasteiger partial charge is 0.394 e. The van der Waals surface area contributed by atoms with E-state index in [0.29, 0.717) is 12.1 Å². The minimum atomic E-state index is -4.97. The van der Waals surface area contributed by atoms with E-state index in [1.54, 1.807) is 0 Å². The Morgan fingerprint density at radius 1 is 1.05 bits per heavy atom. The van der Waals surface area contributed by atoms with Crippen LogP contribution in [0.2, 0.25) is 0 Å². The molecule has 19 heavy (non-hydrogen) atoms. The maximum Gasteiger partial charge on any atom is 0.416 e. The molecule has 1 aromatic carbocycles. The second kappa shape index (κ2) is 5.98. The second-order valence-corrected chi connectivity index (χ2v) is 3.59. The highest BCUT2D eigenvalue weighted by atomic mass is 35.5. The van der Waals surface area contributed by atoms with Crippen molar-refractivity contribution >= 4 is 12.4 Å². The lowest BCUT2D eigenvalue weighted by Crippen LogP contribution is -2.21. The molecule has 3 N–H and O–H groups in total. The van der Waals surface area contributed by atoms with Crippen molar-refractivity contribution in [3.63, 3.8) is 0 Å². The van der Waals surface area contributed by atoms with Gasteiger partial charge in [-0.15, -0.1) is 12.4 Å². The van der Waals surface area contributed by atoms with Crippen LogP contribution in [0.1, 0.15) is 22.7 Å². The first-order chi connectivity index (χ1) is 8.07. The lowest BCUT2D eigenvalue weighted by molar-refractivity contribution is -0.143. The predicted molar refractivity (Wildman–Crippen MR) is 57.7 cm³/mol. The van der Waals surface area contributed by atoms with Gasteiger partial charge in [-0.25, -0.2) is 0 Å². The molecule has 0 spiro atoms. The van der Waals surface area contributed by atoms with Gasteiger partial charge in [-0.2, -0.15) is 26.3 Å². The standard InChI is InChI=1S/C10H9F6NO.ClH/c11-9(12,13)5-1-2-6(8(17)4-18)7(3-5)10(14,15)16;/h1-3,8,18H,4,17H2;1H/t8-;/m1./s1. The molecule has 0 saturated heterocycles. The fourth-order valence-electron chi connectivity index (χ4n) is 1.40. The third kappa shape index (κ3) is 4.26. The Bertz CT molecular complexity index is 431. The summed E-state index contributed by atoms with van der Waals surface area (Å²) in [5, 5.41) is 8.69. The van der Waals surface area contributed by atoms with Crippen molar-refractivity contribution in [1.29, 1.82) is 0 Å². The topological polar surface area (TPSA) is 46.2 Å². The van der Waals surface area contributed by atoms with Gasteiger partial charge in [0.2, 0.25) is 0 Å². The lowest BCUT2D eigenvalue weighted by Gasteiger charge is -2.18. The molecule has 0 aliphatic carbocycles. The van der Waals surface area contributed by atoms with Gasteiger partial charge in [0.05, 0.1) is 23.8 Å². The van der Waals surface area contributed by atoms with E-state index in [9.17, 15) is 26.3 Å². The van der Waals surface area contributed by atoms with Gasteiger partial charge in [0, 0.05) is 0 Å². The van der Waals surface area contributed by atoms with Crippen LogP contribution in [0.3, 0.4) is 0 Å². The first-order valence-corrected chi connectivity index (χ1v) is 4.72. The molecule has 0 fully saturated rings. The molecule has 0 aliphatic rings. The van der Waals surface area contributed by atoms with Gasteiger partial charge in [0.25, 0.3) is 0 Å². The Morgan fingerprint density at radius 2 is 1.58 bits per heavy atom. The van der Waals surface area contributed by atoms with Gasteiger partial charge >= 0.3 is 12.4 Å². The minimum absolute atomic E-state index is 0. The third-order valence-corrected chi connectivity index (χ3v) is 2.28. The van der Waals surface area contributed by atoms with Crippen molar-refractivity contribution in [3.05, 3.63) is 34.9 Å². The van der Waals surface area contributed by atoms with E-state index in [4.69, 9.17) is 10.8 Å². The fraction of sp³-hybridized carbons (Fsp3) is 0.400. The zero-order valence-electron chi connectivity index (χ0n) is 9.22. The molecule has 2 nitrogen and oxygen atoms in total. The van der Waals surface area contributed by atoms with Crippen molar-refractivity contribution in [2.75, 3.05) is 6.61 Å². The average molecular weight is 310 g/mol. The van der Waals surface area contributed by atoms with Gasteiger partial charge < -0.3 is 10.8 Å². The Hall–Kier alpha value is -0.990. The molecule has 1 rings (SSSR count). The molecule has 1 aromatic rings. The van der Waals surface area contributed by atoms with E-state index >= 15 is 0 Å². The van der Waals surface area contributed by atoms with E-state index < -0.39 is 41.7 Å².